The standard InChI is InChI=1S/C22H23N3O2/c1-15-13-17(11-12-23-15)25-21(26)18-9-5-6-10-19(18)22-24-14-20(27-22)16-7-3-2-4-8-16/h2-10,14-15,17,23H,11-13H2,1H3,(H,25,26). The van der Waals surface area contributed by atoms with Crippen LogP contribution in [0.25, 0.3) is 22.8 Å². The second kappa shape index (κ2) is 7.76. The molecule has 27 heavy (non-hydrogen) atoms. The highest BCUT2D eigenvalue weighted by Gasteiger charge is 2.23. The molecule has 0 aliphatic carbocycles. The molecule has 0 bridgehead atoms. The summed E-state index contributed by atoms with van der Waals surface area (Å²) in [7, 11) is 0. The van der Waals surface area contributed by atoms with Gasteiger partial charge in [0.05, 0.1) is 11.8 Å². The molecule has 138 valence electrons. The van der Waals surface area contributed by atoms with Crippen molar-refractivity contribution in [1.29, 1.82) is 0 Å². The second-order valence-corrected chi connectivity index (χ2v) is 6.99. The molecule has 1 fully saturated rings. The number of aromatic nitrogens is 1. The van der Waals surface area contributed by atoms with Crippen LogP contribution in [0.1, 0.15) is 30.1 Å². The molecule has 0 spiro atoms. The van der Waals surface area contributed by atoms with Crippen LogP contribution < -0.4 is 10.6 Å². The Labute approximate surface area is 158 Å². The fraction of sp³-hybridized carbons (Fsp3) is 0.273. The molecule has 1 saturated heterocycles. The van der Waals surface area contributed by atoms with Gasteiger partial charge in [0.25, 0.3) is 5.91 Å². The van der Waals surface area contributed by atoms with E-state index >= 15 is 0 Å². The zero-order valence-corrected chi connectivity index (χ0v) is 15.3. The number of hydrogen-bond donors (Lipinski definition) is 2. The summed E-state index contributed by atoms with van der Waals surface area (Å²) in [5, 5.41) is 6.57. The van der Waals surface area contributed by atoms with Crippen molar-refractivity contribution < 1.29 is 9.21 Å². The van der Waals surface area contributed by atoms with Crippen molar-refractivity contribution in [2.45, 2.75) is 31.8 Å². The lowest BCUT2D eigenvalue weighted by Gasteiger charge is -2.28. The van der Waals surface area contributed by atoms with Gasteiger partial charge in [0.2, 0.25) is 5.89 Å². The molecular weight excluding hydrogens is 338 g/mol. The van der Waals surface area contributed by atoms with Gasteiger partial charge >= 0.3 is 0 Å². The first kappa shape index (κ1) is 17.5. The molecule has 1 amide bonds. The lowest BCUT2D eigenvalue weighted by Crippen LogP contribution is -2.46. The fourth-order valence-electron chi connectivity index (χ4n) is 3.53. The molecule has 5 nitrogen and oxygen atoms in total. The van der Waals surface area contributed by atoms with Crippen LogP contribution in [-0.2, 0) is 0 Å². The molecule has 2 aromatic carbocycles. The van der Waals surface area contributed by atoms with Gasteiger partial charge in [-0.25, -0.2) is 4.98 Å². The van der Waals surface area contributed by atoms with E-state index in [9.17, 15) is 4.79 Å². The molecule has 3 aromatic rings. The van der Waals surface area contributed by atoms with Crippen LogP contribution in [0.3, 0.4) is 0 Å². The van der Waals surface area contributed by atoms with Gasteiger partial charge in [-0.1, -0.05) is 42.5 Å². The summed E-state index contributed by atoms with van der Waals surface area (Å²) in [6.45, 7) is 3.07. The smallest absolute Gasteiger partial charge is 0.252 e. The summed E-state index contributed by atoms with van der Waals surface area (Å²) in [4.78, 5) is 17.3. The number of amides is 1. The third-order valence-corrected chi connectivity index (χ3v) is 4.92. The number of nitrogens with one attached hydrogen (secondary N) is 2. The molecule has 1 aromatic heterocycles. The Morgan fingerprint density at radius 3 is 2.74 bits per heavy atom. The van der Waals surface area contributed by atoms with Crippen LogP contribution in [0.15, 0.2) is 65.2 Å². The van der Waals surface area contributed by atoms with Gasteiger partial charge in [-0.15, -0.1) is 0 Å². The van der Waals surface area contributed by atoms with Crippen molar-refractivity contribution in [1.82, 2.24) is 15.6 Å². The summed E-state index contributed by atoms with van der Waals surface area (Å²) in [5.41, 5.74) is 2.26. The van der Waals surface area contributed by atoms with Crippen molar-refractivity contribution in [2.24, 2.45) is 0 Å². The SMILES string of the molecule is CC1CC(NC(=O)c2ccccc2-c2ncc(-c3ccccc3)o2)CCN1. The largest absolute Gasteiger partial charge is 0.436 e. The summed E-state index contributed by atoms with van der Waals surface area (Å²) in [5.74, 6) is 1.07. The predicted octanol–water partition coefficient (Wildman–Crippen LogP) is 3.88. The monoisotopic (exact) mass is 361 g/mol. The fourth-order valence-corrected chi connectivity index (χ4v) is 3.53. The van der Waals surface area contributed by atoms with Crippen molar-refractivity contribution >= 4 is 5.91 Å². The maximum atomic E-state index is 12.9. The number of hydrogen-bond acceptors (Lipinski definition) is 4. The highest BCUT2D eigenvalue weighted by molar-refractivity contribution is 6.00. The van der Waals surface area contributed by atoms with Gasteiger partial charge in [-0.2, -0.15) is 0 Å². The van der Waals surface area contributed by atoms with Crippen LogP contribution in [0.5, 0.6) is 0 Å². The van der Waals surface area contributed by atoms with Gasteiger partial charge in [0, 0.05) is 23.2 Å². The summed E-state index contributed by atoms with van der Waals surface area (Å²) in [6.07, 6.45) is 3.58. The lowest BCUT2D eigenvalue weighted by atomic mass is 9.99. The van der Waals surface area contributed by atoms with Crippen molar-refractivity contribution in [3.8, 4) is 22.8 Å². The molecule has 2 atom stereocenters. The molecule has 1 aliphatic heterocycles. The first-order valence-electron chi connectivity index (χ1n) is 9.35. The number of carbonyl (C=O) groups is 1. The van der Waals surface area contributed by atoms with E-state index in [4.69, 9.17) is 4.42 Å². The van der Waals surface area contributed by atoms with Gasteiger partial charge < -0.3 is 15.1 Å². The lowest BCUT2D eigenvalue weighted by molar-refractivity contribution is 0.0926. The molecule has 2 N–H and O–H groups in total. The third kappa shape index (κ3) is 3.93. The minimum atomic E-state index is -0.0795. The van der Waals surface area contributed by atoms with E-state index < -0.39 is 0 Å². The second-order valence-electron chi connectivity index (χ2n) is 6.99. The minimum absolute atomic E-state index is 0.0795. The van der Waals surface area contributed by atoms with Crippen molar-refractivity contribution in [3.63, 3.8) is 0 Å². The molecule has 4 rings (SSSR count). The zero-order chi connectivity index (χ0) is 18.6. The van der Waals surface area contributed by atoms with Gasteiger partial charge in [-0.3, -0.25) is 4.79 Å². The first-order valence-corrected chi connectivity index (χ1v) is 9.35. The van der Waals surface area contributed by atoms with Gasteiger partial charge in [-0.05, 0) is 38.4 Å². The van der Waals surface area contributed by atoms with Crippen LogP contribution in [0.4, 0.5) is 0 Å². The van der Waals surface area contributed by atoms with Crippen LogP contribution in [0.2, 0.25) is 0 Å². The van der Waals surface area contributed by atoms with Gasteiger partial charge in [0.15, 0.2) is 5.76 Å². The average Bonchev–Trinajstić information content (AvgIpc) is 3.19. The van der Waals surface area contributed by atoms with Crippen LogP contribution >= 0.6 is 0 Å². The van der Waals surface area contributed by atoms with Crippen molar-refractivity contribution in [3.05, 3.63) is 66.4 Å². The quantitative estimate of drug-likeness (QED) is 0.740. The predicted molar refractivity (Wildman–Crippen MR) is 105 cm³/mol. The van der Waals surface area contributed by atoms with E-state index in [-0.39, 0.29) is 11.9 Å². The van der Waals surface area contributed by atoms with E-state index in [0.717, 1.165) is 24.9 Å². The van der Waals surface area contributed by atoms with E-state index in [1.807, 2.05) is 54.6 Å². The Bertz CT molecular complexity index is 920. The average molecular weight is 361 g/mol. The number of piperidine rings is 1. The molecule has 0 radical (unpaired) electrons. The van der Waals surface area contributed by atoms with Crippen LogP contribution in [-0.4, -0.2) is 29.5 Å². The summed E-state index contributed by atoms with van der Waals surface area (Å²) in [6, 6.07) is 17.9. The Kier molecular flexibility index (Phi) is 5.03. The number of carbonyl (C=O) groups excluding carboxylic acids is 1. The highest BCUT2D eigenvalue weighted by Crippen LogP contribution is 2.28. The summed E-state index contributed by atoms with van der Waals surface area (Å²) >= 11 is 0. The zero-order valence-electron chi connectivity index (χ0n) is 15.3. The Hall–Kier alpha value is -2.92. The highest BCUT2D eigenvalue weighted by atomic mass is 16.4. The topological polar surface area (TPSA) is 67.2 Å². The van der Waals surface area contributed by atoms with E-state index in [1.165, 1.54) is 0 Å². The first-order chi connectivity index (χ1) is 13.2. The van der Waals surface area contributed by atoms with Crippen molar-refractivity contribution in [2.75, 3.05) is 6.54 Å². The molecule has 2 heterocycles. The number of benzene rings is 2. The van der Waals surface area contributed by atoms with Gasteiger partial charge in [0.1, 0.15) is 0 Å². The Morgan fingerprint density at radius 2 is 1.93 bits per heavy atom. The Morgan fingerprint density at radius 1 is 1.15 bits per heavy atom. The third-order valence-electron chi connectivity index (χ3n) is 4.92. The van der Waals surface area contributed by atoms with E-state index in [1.54, 1.807) is 6.20 Å². The number of nitrogens with zero attached hydrogens (tertiary/aromatic N) is 1. The summed E-state index contributed by atoms with van der Waals surface area (Å²) < 4.78 is 5.95. The molecule has 5 heteroatoms. The molecular formula is C22H23N3O2. The number of oxazole rings is 1. The maximum absolute atomic E-state index is 12.9. The molecule has 0 saturated carbocycles. The normalized spacial score (nSPS) is 19.6. The molecule has 2 unspecified atom stereocenters. The van der Waals surface area contributed by atoms with E-state index in [0.29, 0.717) is 28.8 Å². The number of rotatable bonds is 4. The van der Waals surface area contributed by atoms with E-state index in [2.05, 4.69) is 22.5 Å². The minimum Gasteiger partial charge on any atom is -0.436 e. The molecule has 1 aliphatic rings. The van der Waals surface area contributed by atoms with Crippen LogP contribution in [0, 0.1) is 0 Å². The Balaban J connectivity index is 1.58. The maximum Gasteiger partial charge on any atom is 0.252 e.